The Morgan fingerprint density at radius 2 is 1.71 bits per heavy atom. The van der Waals surface area contributed by atoms with Crippen molar-refractivity contribution in [2.24, 2.45) is 29.6 Å². The second-order valence-electron chi connectivity index (χ2n) is 12.5. The van der Waals surface area contributed by atoms with Gasteiger partial charge in [0.1, 0.15) is 24.1 Å². The maximum Gasteiger partial charge on any atom is 0.373 e. The molecule has 2 N–H and O–H groups in total. The molecule has 0 radical (unpaired) electrons. The number of cyclic esters (lactones) is 1. The molecule has 2 rings (SSSR count). The molecule has 0 aliphatic carbocycles. The molecule has 236 valence electrons. The van der Waals surface area contributed by atoms with Crippen LogP contribution in [0.5, 0.6) is 0 Å². The van der Waals surface area contributed by atoms with Crippen molar-refractivity contribution < 1.29 is 34.0 Å². The molecule has 0 amide bonds. The Labute approximate surface area is 253 Å². The van der Waals surface area contributed by atoms with E-state index < -0.39 is 30.4 Å². The predicted octanol–water partition coefficient (Wildman–Crippen LogP) is 6.45. The summed E-state index contributed by atoms with van der Waals surface area (Å²) in [5.74, 6) is -0.0392. The molecule has 0 fully saturated rings. The third kappa shape index (κ3) is 9.72. The summed E-state index contributed by atoms with van der Waals surface area (Å²) in [6, 6.07) is 0. The molecule has 7 nitrogen and oxygen atoms in total. The highest BCUT2D eigenvalue weighted by Crippen LogP contribution is 2.32. The molecular formula is C35H54O7. The first-order valence-electron chi connectivity index (χ1n) is 15.1. The van der Waals surface area contributed by atoms with Gasteiger partial charge in [0.2, 0.25) is 5.76 Å². The van der Waals surface area contributed by atoms with Crippen LogP contribution in [0.3, 0.4) is 0 Å². The van der Waals surface area contributed by atoms with Gasteiger partial charge in [-0.25, -0.2) is 4.79 Å². The number of ether oxygens (including phenoxy) is 4. The molecule has 2 heterocycles. The zero-order chi connectivity index (χ0) is 31.7. The third-order valence-electron chi connectivity index (χ3n) is 8.31. The number of allylic oxidation sites excluding steroid dienone is 6. The van der Waals surface area contributed by atoms with Gasteiger partial charge in [-0.2, -0.15) is 0 Å². The summed E-state index contributed by atoms with van der Waals surface area (Å²) in [4.78, 5) is 13.4. The third-order valence-corrected chi connectivity index (χ3v) is 8.31. The molecule has 2 aliphatic rings. The highest BCUT2D eigenvalue weighted by molar-refractivity contribution is 5.87. The van der Waals surface area contributed by atoms with Crippen molar-refractivity contribution in [1.82, 2.24) is 0 Å². The van der Waals surface area contributed by atoms with E-state index >= 15 is 0 Å². The van der Waals surface area contributed by atoms with Gasteiger partial charge in [-0.1, -0.05) is 83.1 Å². The topological polar surface area (TPSA) is 94.5 Å². The van der Waals surface area contributed by atoms with Crippen molar-refractivity contribution >= 4 is 5.97 Å². The molecule has 0 aromatic carbocycles. The number of hydrogen-bond acceptors (Lipinski definition) is 7. The minimum Gasteiger partial charge on any atom is -0.490 e. The zero-order valence-electron chi connectivity index (χ0n) is 27.5. The van der Waals surface area contributed by atoms with Crippen LogP contribution in [0.25, 0.3) is 0 Å². The fourth-order valence-corrected chi connectivity index (χ4v) is 5.82. The van der Waals surface area contributed by atoms with Gasteiger partial charge in [0.05, 0.1) is 19.3 Å². The lowest BCUT2D eigenvalue weighted by molar-refractivity contribution is -0.155. The van der Waals surface area contributed by atoms with E-state index in [0.29, 0.717) is 5.76 Å². The van der Waals surface area contributed by atoms with Crippen molar-refractivity contribution in [2.75, 3.05) is 14.2 Å². The SMILES string of the molecule is CO/C1=C\C(C)=C\[C@@H](C)[C@@H](O)[C@H](C)C/C(C)=C/C=C/[C@H](OC)[C@@H]([C@@H](C)/C=C(\C)C2=C[C@@H](O)[C@H](C)[C@@H](C(C)C)O2)OC1=O. The number of methoxy groups -OCH3 is 2. The number of rotatable bonds is 6. The summed E-state index contributed by atoms with van der Waals surface area (Å²) in [6.45, 7) is 18.0. The van der Waals surface area contributed by atoms with Crippen LogP contribution >= 0.6 is 0 Å². The van der Waals surface area contributed by atoms with Gasteiger partial charge >= 0.3 is 5.97 Å². The van der Waals surface area contributed by atoms with Crippen molar-refractivity contribution in [3.63, 3.8) is 0 Å². The standard InChI is InChI=1S/C35H54O7/c1-20(2)33-27(9)28(36)19-30(41-33)23(5)18-26(8)34-29(39-10)14-12-13-21(3)15-24(6)32(37)25(7)16-22(4)17-31(40-11)35(38)42-34/h12-14,16-20,24-29,32-34,36-37H,15H2,1-11H3/b14-12+,21-13+,22-16+,23-18+,31-17-/t24-,25-,26+,27+,28-,29+,32+,33-,34-/m1/s1. The Morgan fingerprint density at radius 3 is 2.31 bits per heavy atom. The number of carbonyl (C=O) groups excluding carboxylic acids is 1. The maximum absolute atomic E-state index is 13.4. The summed E-state index contributed by atoms with van der Waals surface area (Å²) in [5, 5.41) is 21.6. The maximum atomic E-state index is 13.4. The van der Waals surface area contributed by atoms with Crippen LogP contribution in [0, 0.1) is 29.6 Å². The van der Waals surface area contributed by atoms with Crippen LogP contribution < -0.4 is 0 Å². The van der Waals surface area contributed by atoms with Crippen molar-refractivity contribution in [2.45, 2.75) is 99.3 Å². The first-order chi connectivity index (χ1) is 19.7. The molecule has 0 aromatic heterocycles. The minimum absolute atomic E-state index is 0.0152. The van der Waals surface area contributed by atoms with Crippen molar-refractivity contribution in [3.05, 3.63) is 70.8 Å². The van der Waals surface area contributed by atoms with Crippen LogP contribution in [0.4, 0.5) is 0 Å². The van der Waals surface area contributed by atoms with E-state index in [2.05, 4.69) is 13.8 Å². The van der Waals surface area contributed by atoms with Crippen molar-refractivity contribution in [1.29, 1.82) is 0 Å². The Bertz CT molecular complexity index is 1090. The summed E-state index contributed by atoms with van der Waals surface area (Å²) in [7, 11) is 3.03. The normalized spacial score (nSPS) is 37.6. The lowest BCUT2D eigenvalue weighted by Gasteiger charge is -2.36. The number of aliphatic hydroxyl groups excluding tert-OH is 2. The van der Waals surface area contributed by atoms with Crippen LogP contribution in [0.1, 0.15) is 68.7 Å². The molecule has 0 unspecified atom stereocenters. The smallest absolute Gasteiger partial charge is 0.373 e. The second-order valence-corrected chi connectivity index (χ2v) is 12.5. The molecular weight excluding hydrogens is 532 g/mol. The van der Waals surface area contributed by atoms with Gasteiger partial charge in [-0.05, 0) is 56.8 Å². The Morgan fingerprint density at radius 1 is 1.05 bits per heavy atom. The lowest BCUT2D eigenvalue weighted by Crippen LogP contribution is -2.39. The van der Waals surface area contributed by atoms with Crippen LogP contribution in [0.15, 0.2) is 70.8 Å². The molecule has 7 heteroatoms. The molecule has 0 bridgehead atoms. The van der Waals surface area contributed by atoms with Gasteiger partial charge in [0.25, 0.3) is 0 Å². The van der Waals surface area contributed by atoms with Crippen LogP contribution in [-0.4, -0.2) is 60.9 Å². The number of hydrogen-bond donors (Lipinski definition) is 2. The molecule has 0 aromatic rings. The number of carbonyl (C=O) groups is 1. The number of esters is 1. The van der Waals surface area contributed by atoms with Crippen LogP contribution in [0.2, 0.25) is 0 Å². The number of aliphatic hydroxyl groups is 2. The fraction of sp³-hybridized carbons (Fsp3) is 0.629. The molecule has 9 atom stereocenters. The first-order valence-corrected chi connectivity index (χ1v) is 15.1. The average molecular weight is 587 g/mol. The minimum atomic E-state index is -0.688. The van der Waals surface area contributed by atoms with E-state index in [-0.39, 0.29) is 41.5 Å². The summed E-state index contributed by atoms with van der Waals surface area (Å²) >= 11 is 0. The largest absolute Gasteiger partial charge is 0.490 e. The van der Waals surface area contributed by atoms with Crippen molar-refractivity contribution in [3.8, 4) is 0 Å². The quantitative estimate of drug-likeness (QED) is 0.346. The molecule has 42 heavy (non-hydrogen) atoms. The Kier molecular flexibility index (Phi) is 13.8. The van der Waals surface area contributed by atoms with Gasteiger partial charge < -0.3 is 29.2 Å². The first kappa shape index (κ1) is 35.6. The van der Waals surface area contributed by atoms with E-state index in [1.165, 1.54) is 7.11 Å². The van der Waals surface area contributed by atoms with E-state index in [9.17, 15) is 15.0 Å². The highest BCUT2D eigenvalue weighted by atomic mass is 16.6. The van der Waals surface area contributed by atoms with E-state index in [1.807, 2.05) is 78.8 Å². The molecule has 0 saturated heterocycles. The van der Waals surface area contributed by atoms with Gasteiger partial charge in [0.15, 0.2) is 0 Å². The lowest BCUT2D eigenvalue weighted by atomic mass is 9.87. The molecule has 0 spiro atoms. The summed E-state index contributed by atoms with van der Waals surface area (Å²) in [5.41, 5.74) is 2.76. The molecule has 2 aliphatic heterocycles. The Hall–Kier alpha value is -2.61. The second kappa shape index (κ2) is 16.3. The van der Waals surface area contributed by atoms with Gasteiger partial charge in [0, 0.05) is 24.9 Å². The fourth-order valence-electron chi connectivity index (χ4n) is 5.82. The Balaban J connectivity index is 2.53. The molecule has 0 saturated carbocycles. The van der Waals surface area contributed by atoms with Gasteiger partial charge in [-0.15, -0.1) is 0 Å². The summed E-state index contributed by atoms with van der Waals surface area (Å²) in [6.07, 6.45) is 11.4. The predicted molar refractivity (Wildman–Crippen MR) is 167 cm³/mol. The monoisotopic (exact) mass is 586 g/mol. The van der Waals surface area contributed by atoms with Crippen LogP contribution in [-0.2, 0) is 23.7 Å². The average Bonchev–Trinajstić information content (AvgIpc) is 2.92. The van der Waals surface area contributed by atoms with E-state index in [4.69, 9.17) is 18.9 Å². The zero-order valence-corrected chi connectivity index (χ0v) is 27.5. The highest BCUT2D eigenvalue weighted by Gasteiger charge is 2.34. The van der Waals surface area contributed by atoms with E-state index in [1.54, 1.807) is 19.3 Å². The van der Waals surface area contributed by atoms with Gasteiger partial charge in [-0.3, -0.25) is 0 Å². The van der Waals surface area contributed by atoms with E-state index in [0.717, 1.165) is 23.1 Å². The summed E-state index contributed by atoms with van der Waals surface area (Å²) < 4.78 is 23.7.